The second kappa shape index (κ2) is 11.3. The van der Waals surface area contributed by atoms with Crippen LogP contribution in [0.2, 0.25) is 0 Å². The Morgan fingerprint density at radius 1 is 0.968 bits per heavy atom. The number of nitrogens with zero attached hydrogens (tertiary/aromatic N) is 1. The molecule has 0 spiro atoms. The summed E-state index contributed by atoms with van der Waals surface area (Å²) in [6, 6.07) is 11.0. The van der Waals surface area contributed by atoms with Crippen LogP contribution in [0.15, 0.2) is 36.4 Å². The highest BCUT2D eigenvalue weighted by Gasteiger charge is 2.16. The molecule has 2 amide bonds. The van der Waals surface area contributed by atoms with Gasteiger partial charge in [0.1, 0.15) is 5.75 Å². The fourth-order valence-corrected chi connectivity index (χ4v) is 3.37. The molecule has 2 rings (SSSR count). The van der Waals surface area contributed by atoms with Crippen LogP contribution in [0.4, 0.5) is 5.69 Å². The SMILES string of the molecule is CCCOc1ccc(C(=O)CCC(=O)N(C)CC(=O)Nc2c(C)cc(C)cc2C)cc1. The van der Waals surface area contributed by atoms with Crippen LogP contribution in [0.5, 0.6) is 5.75 Å². The minimum absolute atomic E-state index is 0.0548. The van der Waals surface area contributed by atoms with E-state index in [9.17, 15) is 14.4 Å². The average molecular weight is 425 g/mol. The number of ether oxygens (including phenoxy) is 1. The van der Waals surface area contributed by atoms with Crippen molar-refractivity contribution in [2.75, 3.05) is 25.5 Å². The molecule has 166 valence electrons. The molecule has 0 saturated heterocycles. The number of hydrogen-bond donors (Lipinski definition) is 1. The van der Waals surface area contributed by atoms with Crippen LogP contribution in [-0.4, -0.2) is 42.7 Å². The Kier molecular flexibility index (Phi) is 8.79. The standard InChI is InChI=1S/C25H32N2O4/c1-6-13-31-21-9-7-20(8-10-21)22(28)11-12-24(30)27(5)16-23(29)26-25-18(3)14-17(2)15-19(25)4/h7-10,14-15H,6,11-13,16H2,1-5H3,(H,26,29). The minimum Gasteiger partial charge on any atom is -0.494 e. The maximum atomic E-state index is 12.4. The molecular formula is C25H32N2O4. The maximum absolute atomic E-state index is 12.4. The van der Waals surface area contributed by atoms with Crippen molar-refractivity contribution in [3.05, 3.63) is 58.7 Å². The van der Waals surface area contributed by atoms with Crippen molar-refractivity contribution in [3.8, 4) is 5.75 Å². The molecule has 31 heavy (non-hydrogen) atoms. The van der Waals surface area contributed by atoms with E-state index in [1.165, 1.54) is 4.90 Å². The van der Waals surface area contributed by atoms with E-state index in [0.717, 1.165) is 34.5 Å². The number of aryl methyl sites for hydroxylation is 3. The van der Waals surface area contributed by atoms with Crippen molar-refractivity contribution in [1.82, 2.24) is 4.90 Å². The summed E-state index contributed by atoms with van der Waals surface area (Å²) >= 11 is 0. The first-order chi connectivity index (χ1) is 14.7. The van der Waals surface area contributed by atoms with Crippen molar-refractivity contribution in [2.45, 2.75) is 47.0 Å². The summed E-state index contributed by atoms with van der Waals surface area (Å²) in [5.74, 6) is 0.0991. The quantitative estimate of drug-likeness (QED) is 0.572. The zero-order valence-corrected chi connectivity index (χ0v) is 19.1. The lowest BCUT2D eigenvalue weighted by Gasteiger charge is -2.18. The van der Waals surface area contributed by atoms with Crippen molar-refractivity contribution < 1.29 is 19.1 Å². The topological polar surface area (TPSA) is 75.7 Å². The van der Waals surface area contributed by atoms with Gasteiger partial charge in [-0.1, -0.05) is 24.6 Å². The zero-order valence-electron chi connectivity index (χ0n) is 19.1. The molecule has 6 nitrogen and oxygen atoms in total. The first-order valence-electron chi connectivity index (χ1n) is 10.6. The summed E-state index contributed by atoms with van der Waals surface area (Å²) < 4.78 is 5.51. The first kappa shape index (κ1) is 24.1. The fourth-order valence-electron chi connectivity index (χ4n) is 3.37. The number of Topliss-reactive ketones (excluding diaryl/α,β-unsaturated/α-hetero) is 1. The Morgan fingerprint density at radius 3 is 2.16 bits per heavy atom. The predicted octanol–water partition coefficient (Wildman–Crippen LogP) is 4.46. The van der Waals surface area contributed by atoms with E-state index in [1.54, 1.807) is 31.3 Å². The van der Waals surface area contributed by atoms with Crippen LogP contribution in [0.25, 0.3) is 0 Å². The number of amides is 2. The lowest BCUT2D eigenvalue weighted by molar-refractivity contribution is -0.133. The number of nitrogens with one attached hydrogen (secondary N) is 1. The third kappa shape index (κ3) is 7.24. The Bertz CT molecular complexity index is 912. The van der Waals surface area contributed by atoms with Gasteiger partial charge in [0.15, 0.2) is 5.78 Å². The number of ketones is 1. The molecule has 6 heteroatoms. The van der Waals surface area contributed by atoms with Gasteiger partial charge in [0.2, 0.25) is 11.8 Å². The average Bonchev–Trinajstić information content (AvgIpc) is 2.73. The number of benzene rings is 2. The van der Waals surface area contributed by atoms with Gasteiger partial charge in [0, 0.05) is 31.1 Å². The van der Waals surface area contributed by atoms with Gasteiger partial charge in [-0.05, 0) is 62.6 Å². The Morgan fingerprint density at radius 2 is 1.58 bits per heavy atom. The number of hydrogen-bond acceptors (Lipinski definition) is 4. The molecule has 0 aliphatic heterocycles. The molecule has 0 heterocycles. The van der Waals surface area contributed by atoms with E-state index in [2.05, 4.69) is 5.32 Å². The fraction of sp³-hybridized carbons (Fsp3) is 0.400. The molecular weight excluding hydrogens is 392 g/mol. The minimum atomic E-state index is -0.264. The van der Waals surface area contributed by atoms with Gasteiger partial charge in [-0.15, -0.1) is 0 Å². The number of rotatable bonds is 10. The van der Waals surface area contributed by atoms with Gasteiger partial charge < -0.3 is 15.0 Å². The zero-order chi connectivity index (χ0) is 23.0. The number of likely N-dealkylation sites (N-methyl/N-ethyl adjacent to an activating group) is 1. The number of carbonyl (C=O) groups is 3. The normalized spacial score (nSPS) is 10.5. The second-order valence-electron chi connectivity index (χ2n) is 7.87. The van der Waals surface area contributed by atoms with E-state index >= 15 is 0 Å². The molecule has 1 N–H and O–H groups in total. The predicted molar refractivity (Wildman–Crippen MR) is 123 cm³/mol. The monoisotopic (exact) mass is 424 g/mol. The molecule has 2 aromatic carbocycles. The van der Waals surface area contributed by atoms with Gasteiger partial charge >= 0.3 is 0 Å². The highest BCUT2D eigenvalue weighted by atomic mass is 16.5. The first-order valence-corrected chi connectivity index (χ1v) is 10.6. The van der Waals surface area contributed by atoms with Crippen LogP contribution in [0.1, 0.15) is 53.2 Å². The van der Waals surface area contributed by atoms with E-state index < -0.39 is 0 Å². The molecule has 0 saturated carbocycles. The van der Waals surface area contributed by atoms with Gasteiger partial charge in [-0.25, -0.2) is 0 Å². The maximum Gasteiger partial charge on any atom is 0.243 e. The van der Waals surface area contributed by atoms with Gasteiger partial charge in [0.25, 0.3) is 0 Å². The smallest absolute Gasteiger partial charge is 0.243 e. The molecule has 0 unspecified atom stereocenters. The number of anilines is 1. The van der Waals surface area contributed by atoms with Crippen molar-refractivity contribution >= 4 is 23.3 Å². The van der Waals surface area contributed by atoms with Crippen LogP contribution < -0.4 is 10.1 Å². The van der Waals surface area contributed by atoms with Crippen LogP contribution in [0.3, 0.4) is 0 Å². The molecule has 0 atom stereocenters. The van der Waals surface area contributed by atoms with Gasteiger partial charge in [-0.2, -0.15) is 0 Å². The third-order valence-corrected chi connectivity index (χ3v) is 4.96. The molecule has 0 radical (unpaired) electrons. The molecule has 2 aromatic rings. The molecule has 0 bridgehead atoms. The molecule has 0 aliphatic rings. The Hall–Kier alpha value is -3.15. The van der Waals surface area contributed by atoms with Gasteiger partial charge in [-0.3, -0.25) is 14.4 Å². The summed E-state index contributed by atoms with van der Waals surface area (Å²) in [5.41, 5.74) is 4.42. The second-order valence-corrected chi connectivity index (χ2v) is 7.87. The van der Waals surface area contributed by atoms with Crippen molar-refractivity contribution in [3.63, 3.8) is 0 Å². The highest BCUT2D eigenvalue weighted by molar-refractivity contribution is 5.99. The Balaban J connectivity index is 1.84. The largest absolute Gasteiger partial charge is 0.494 e. The molecule has 0 aliphatic carbocycles. The van der Waals surface area contributed by atoms with Crippen molar-refractivity contribution in [1.29, 1.82) is 0 Å². The van der Waals surface area contributed by atoms with E-state index in [-0.39, 0.29) is 37.0 Å². The Labute approximate surface area is 184 Å². The van der Waals surface area contributed by atoms with Gasteiger partial charge in [0.05, 0.1) is 13.2 Å². The summed E-state index contributed by atoms with van der Waals surface area (Å²) in [5, 5.41) is 2.89. The molecule has 0 fully saturated rings. The highest BCUT2D eigenvalue weighted by Crippen LogP contribution is 2.22. The lowest BCUT2D eigenvalue weighted by Crippen LogP contribution is -2.35. The number of carbonyl (C=O) groups excluding carboxylic acids is 3. The van der Waals surface area contributed by atoms with E-state index in [4.69, 9.17) is 4.74 Å². The van der Waals surface area contributed by atoms with Crippen molar-refractivity contribution in [2.24, 2.45) is 0 Å². The lowest BCUT2D eigenvalue weighted by atomic mass is 10.1. The summed E-state index contributed by atoms with van der Waals surface area (Å²) in [4.78, 5) is 38.5. The summed E-state index contributed by atoms with van der Waals surface area (Å²) in [6.45, 7) is 8.49. The van der Waals surface area contributed by atoms with Crippen LogP contribution in [-0.2, 0) is 9.59 Å². The summed E-state index contributed by atoms with van der Waals surface area (Å²) in [6.07, 6.45) is 1.06. The van der Waals surface area contributed by atoms with E-state index in [1.807, 2.05) is 39.8 Å². The molecule has 0 aromatic heterocycles. The van der Waals surface area contributed by atoms with Crippen LogP contribution >= 0.6 is 0 Å². The van der Waals surface area contributed by atoms with E-state index in [0.29, 0.717) is 12.2 Å². The summed E-state index contributed by atoms with van der Waals surface area (Å²) in [7, 11) is 1.57. The third-order valence-electron chi connectivity index (χ3n) is 4.96. The van der Waals surface area contributed by atoms with Crippen LogP contribution in [0, 0.1) is 20.8 Å².